The Bertz CT molecular complexity index is 1170. The number of amides is 2. The molecule has 0 unspecified atom stereocenters. The minimum Gasteiger partial charge on any atom is -0.365 e. The number of benzene rings is 2. The van der Waals surface area contributed by atoms with E-state index in [2.05, 4.69) is 50.4 Å². The molecule has 0 bridgehead atoms. The second kappa shape index (κ2) is 8.17. The van der Waals surface area contributed by atoms with Crippen LogP contribution in [0.4, 0.5) is 9.39 Å². The highest BCUT2D eigenvalue weighted by molar-refractivity contribution is 7.17. The van der Waals surface area contributed by atoms with E-state index in [-0.39, 0.29) is 34.5 Å². The summed E-state index contributed by atoms with van der Waals surface area (Å²) in [4.78, 5) is 26.1. The van der Waals surface area contributed by atoms with Crippen LogP contribution in [-0.2, 0) is 10.2 Å². The number of hydrogen-bond acceptors (Lipinski definition) is 3. The lowest BCUT2D eigenvalue weighted by atomic mass is 9.86. The second-order valence-electron chi connectivity index (χ2n) is 9.42. The molecular weight excluding hydrogens is 423 g/mol. The van der Waals surface area contributed by atoms with Gasteiger partial charge in [0.2, 0.25) is 5.91 Å². The van der Waals surface area contributed by atoms with E-state index in [9.17, 15) is 14.0 Å². The first-order valence-corrected chi connectivity index (χ1v) is 11.5. The molecule has 1 aliphatic rings. The van der Waals surface area contributed by atoms with Crippen molar-refractivity contribution in [3.05, 3.63) is 75.9 Å². The minimum atomic E-state index is -0.617. The number of hydrogen-bond donors (Lipinski definition) is 2. The molecule has 1 saturated carbocycles. The van der Waals surface area contributed by atoms with Crippen molar-refractivity contribution in [2.45, 2.75) is 45.4 Å². The lowest BCUT2D eigenvalue weighted by Crippen LogP contribution is -2.18. The molecule has 1 aliphatic carbocycles. The van der Waals surface area contributed by atoms with Gasteiger partial charge in [-0.2, -0.15) is 0 Å². The largest absolute Gasteiger partial charge is 0.365 e. The Hall–Kier alpha value is -2.99. The fraction of sp³-hybridized carbons (Fsp3) is 0.308. The van der Waals surface area contributed by atoms with Crippen LogP contribution in [0.5, 0.6) is 0 Å². The van der Waals surface area contributed by atoms with Crippen LogP contribution in [0.1, 0.15) is 59.5 Å². The SMILES string of the molecule is Cc1sc(NC(=O)[C@H]2C[C@H]2c2ccc(C(C)(C)C)cc2)c(C(N)=O)c1-c1ccc(F)cc1. The van der Waals surface area contributed by atoms with Crippen LogP contribution >= 0.6 is 11.3 Å². The molecule has 0 radical (unpaired) electrons. The predicted molar refractivity (Wildman–Crippen MR) is 128 cm³/mol. The van der Waals surface area contributed by atoms with Crippen LogP contribution in [0.3, 0.4) is 0 Å². The van der Waals surface area contributed by atoms with Gasteiger partial charge in [0, 0.05) is 16.4 Å². The number of aryl methyl sites for hydroxylation is 1. The highest BCUT2D eigenvalue weighted by Crippen LogP contribution is 2.49. The molecule has 2 atom stereocenters. The molecule has 0 spiro atoms. The van der Waals surface area contributed by atoms with E-state index in [1.165, 1.54) is 29.0 Å². The number of nitrogens with two attached hydrogens (primary N) is 1. The number of nitrogens with one attached hydrogen (secondary N) is 1. The molecule has 1 fully saturated rings. The first kappa shape index (κ1) is 22.2. The fourth-order valence-electron chi connectivity index (χ4n) is 4.12. The van der Waals surface area contributed by atoms with E-state index in [1.807, 2.05) is 6.92 Å². The van der Waals surface area contributed by atoms with Gasteiger partial charge in [-0.15, -0.1) is 11.3 Å². The van der Waals surface area contributed by atoms with Crippen LogP contribution in [0.25, 0.3) is 11.1 Å². The van der Waals surface area contributed by atoms with E-state index in [4.69, 9.17) is 5.73 Å². The predicted octanol–water partition coefficient (Wildman–Crippen LogP) is 6.00. The van der Waals surface area contributed by atoms with Gasteiger partial charge >= 0.3 is 0 Å². The van der Waals surface area contributed by atoms with Gasteiger partial charge < -0.3 is 11.1 Å². The molecule has 3 N–H and O–H groups in total. The molecule has 0 aliphatic heterocycles. The van der Waals surface area contributed by atoms with E-state index < -0.39 is 5.91 Å². The maximum atomic E-state index is 13.3. The molecule has 4 nitrogen and oxygen atoms in total. The first-order valence-electron chi connectivity index (χ1n) is 10.7. The van der Waals surface area contributed by atoms with Gasteiger partial charge in [0.1, 0.15) is 10.8 Å². The molecule has 1 aromatic heterocycles. The summed E-state index contributed by atoms with van der Waals surface area (Å²) in [6, 6.07) is 14.4. The third-order valence-corrected chi connectivity index (χ3v) is 7.05. The number of thiophene rings is 1. The smallest absolute Gasteiger partial charge is 0.252 e. The fourth-order valence-corrected chi connectivity index (χ4v) is 5.20. The average molecular weight is 451 g/mol. The van der Waals surface area contributed by atoms with E-state index in [0.29, 0.717) is 16.1 Å². The second-order valence-corrected chi connectivity index (χ2v) is 10.6. The Morgan fingerprint density at radius 3 is 2.25 bits per heavy atom. The zero-order valence-electron chi connectivity index (χ0n) is 18.7. The quantitative estimate of drug-likeness (QED) is 0.500. The number of carbonyl (C=O) groups excluding carboxylic acids is 2. The highest BCUT2D eigenvalue weighted by Gasteiger charge is 2.44. The van der Waals surface area contributed by atoms with Crippen molar-refractivity contribution >= 4 is 28.2 Å². The molecular formula is C26H27FN2O2S. The van der Waals surface area contributed by atoms with Crippen molar-refractivity contribution in [2.24, 2.45) is 11.7 Å². The zero-order valence-corrected chi connectivity index (χ0v) is 19.5. The average Bonchev–Trinajstić information content (AvgIpc) is 3.46. The summed E-state index contributed by atoms with van der Waals surface area (Å²) in [7, 11) is 0. The summed E-state index contributed by atoms with van der Waals surface area (Å²) in [5.74, 6) is -1.03. The van der Waals surface area contributed by atoms with E-state index in [0.717, 1.165) is 16.9 Å². The van der Waals surface area contributed by atoms with Gasteiger partial charge in [-0.25, -0.2) is 4.39 Å². The molecule has 32 heavy (non-hydrogen) atoms. The molecule has 1 heterocycles. The van der Waals surface area contributed by atoms with Crippen molar-refractivity contribution in [1.29, 1.82) is 0 Å². The lowest BCUT2D eigenvalue weighted by Gasteiger charge is -2.19. The Kier molecular flexibility index (Phi) is 5.67. The van der Waals surface area contributed by atoms with Crippen molar-refractivity contribution in [2.75, 3.05) is 5.32 Å². The van der Waals surface area contributed by atoms with E-state index >= 15 is 0 Å². The normalized spacial score (nSPS) is 17.8. The van der Waals surface area contributed by atoms with Crippen molar-refractivity contribution in [1.82, 2.24) is 0 Å². The van der Waals surface area contributed by atoms with Gasteiger partial charge in [0.25, 0.3) is 5.91 Å². The van der Waals surface area contributed by atoms with Gasteiger partial charge in [-0.1, -0.05) is 57.2 Å². The first-order chi connectivity index (χ1) is 15.1. The van der Waals surface area contributed by atoms with Crippen molar-refractivity contribution in [3.63, 3.8) is 0 Å². The molecule has 166 valence electrons. The third-order valence-electron chi connectivity index (χ3n) is 6.03. The molecule has 0 saturated heterocycles. The summed E-state index contributed by atoms with van der Waals surface area (Å²) >= 11 is 1.32. The molecule has 3 aromatic rings. The third kappa shape index (κ3) is 4.32. The Labute approximate surface area is 191 Å². The highest BCUT2D eigenvalue weighted by atomic mass is 32.1. The van der Waals surface area contributed by atoms with Crippen LogP contribution in [0.2, 0.25) is 0 Å². The van der Waals surface area contributed by atoms with Crippen LogP contribution < -0.4 is 11.1 Å². The standard InChI is InChI=1S/C26H27FN2O2S/c1-14-21(16-7-11-18(27)12-8-16)22(23(28)30)25(32-14)29-24(31)20-13-19(20)15-5-9-17(10-6-15)26(2,3)4/h5-12,19-20H,13H2,1-4H3,(H2,28,30)(H,29,31)/t19-,20-/m0/s1. The molecule has 2 amide bonds. The number of primary amides is 1. The zero-order chi connectivity index (χ0) is 23.2. The van der Waals surface area contributed by atoms with Gasteiger partial charge in [-0.3, -0.25) is 9.59 Å². The number of halogens is 1. The molecule has 6 heteroatoms. The molecule has 2 aromatic carbocycles. The summed E-state index contributed by atoms with van der Waals surface area (Å²) in [6.45, 7) is 8.39. The number of carbonyl (C=O) groups is 2. The maximum absolute atomic E-state index is 13.3. The van der Waals surface area contributed by atoms with Crippen molar-refractivity contribution in [3.8, 4) is 11.1 Å². The number of anilines is 1. The Morgan fingerprint density at radius 2 is 1.69 bits per heavy atom. The summed E-state index contributed by atoms with van der Waals surface area (Å²) in [5.41, 5.74) is 9.79. The minimum absolute atomic E-state index is 0.0866. The monoisotopic (exact) mass is 450 g/mol. The van der Waals surface area contributed by atoms with Gasteiger partial charge in [-0.05, 0) is 53.5 Å². The molecule has 4 rings (SSSR count). The van der Waals surface area contributed by atoms with Crippen LogP contribution in [-0.4, -0.2) is 11.8 Å². The van der Waals surface area contributed by atoms with Crippen molar-refractivity contribution < 1.29 is 14.0 Å². The Morgan fingerprint density at radius 1 is 1.06 bits per heavy atom. The van der Waals surface area contributed by atoms with Crippen LogP contribution in [0.15, 0.2) is 48.5 Å². The Balaban J connectivity index is 1.54. The van der Waals surface area contributed by atoms with Gasteiger partial charge in [0.05, 0.1) is 5.56 Å². The number of rotatable bonds is 5. The summed E-state index contributed by atoms with van der Waals surface area (Å²) in [5, 5.41) is 3.39. The summed E-state index contributed by atoms with van der Waals surface area (Å²) < 4.78 is 13.3. The maximum Gasteiger partial charge on any atom is 0.252 e. The summed E-state index contributed by atoms with van der Waals surface area (Å²) in [6.07, 6.45) is 0.780. The topological polar surface area (TPSA) is 72.2 Å². The van der Waals surface area contributed by atoms with Gasteiger partial charge in [0.15, 0.2) is 0 Å². The lowest BCUT2D eigenvalue weighted by molar-refractivity contribution is -0.117. The van der Waals surface area contributed by atoms with Crippen LogP contribution in [0, 0.1) is 18.7 Å². The van der Waals surface area contributed by atoms with E-state index in [1.54, 1.807) is 12.1 Å².